The van der Waals surface area contributed by atoms with E-state index in [1.807, 2.05) is 0 Å². The third-order valence-electron chi connectivity index (χ3n) is 11.4. The number of halogens is 1. The van der Waals surface area contributed by atoms with Crippen LogP contribution in [0.15, 0.2) is 5.38 Å². The Kier molecular flexibility index (Phi) is 5.90. The Balaban J connectivity index is 0.955. The van der Waals surface area contributed by atoms with Gasteiger partial charge in [-0.3, -0.25) is 9.59 Å². The maximum absolute atomic E-state index is 13.7. The second-order valence-corrected chi connectivity index (χ2v) is 14.5. The van der Waals surface area contributed by atoms with Crippen molar-refractivity contribution in [3.8, 4) is 6.07 Å². The van der Waals surface area contributed by atoms with Crippen LogP contribution in [0.2, 0.25) is 0 Å². The number of anilines is 1. The first-order valence-corrected chi connectivity index (χ1v) is 15.5. The predicted octanol–water partition coefficient (Wildman–Crippen LogP) is 4.69. The van der Waals surface area contributed by atoms with Crippen LogP contribution in [0.25, 0.3) is 0 Å². The lowest BCUT2D eigenvalue weighted by atomic mass is 9.49. The monoisotopic (exact) mass is 539 g/mol. The number of likely N-dealkylation sites (tertiary alicyclic amines) is 1. The summed E-state index contributed by atoms with van der Waals surface area (Å²) < 4.78 is 13.7. The fourth-order valence-corrected chi connectivity index (χ4v) is 10.4. The van der Waals surface area contributed by atoms with Crippen molar-refractivity contribution in [1.82, 2.24) is 15.2 Å². The minimum atomic E-state index is -1.12. The Bertz CT molecular complexity index is 1120. The van der Waals surface area contributed by atoms with E-state index < -0.39 is 12.2 Å². The highest BCUT2D eigenvalue weighted by atomic mass is 32.1. The number of aromatic nitrogens is 1. The second kappa shape index (κ2) is 8.99. The van der Waals surface area contributed by atoms with Crippen LogP contribution in [-0.4, -0.2) is 52.5 Å². The predicted molar refractivity (Wildman–Crippen MR) is 142 cm³/mol. The van der Waals surface area contributed by atoms with E-state index in [1.165, 1.54) is 49.1 Å². The summed E-state index contributed by atoms with van der Waals surface area (Å²) in [7, 11) is 0. The average molecular weight is 540 g/mol. The first-order chi connectivity index (χ1) is 18.3. The highest BCUT2D eigenvalue weighted by Gasteiger charge is 2.54. The minimum absolute atomic E-state index is 0.0103. The molecular formula is C29H38FN5O2S. The van der Waals surface area contributed by atoms with Crippen LogP contribution in [0.3, 0.4) is 0 Å². The van der Waals surface area contributed by atoms with E-state index in [2.05, 4.69) is 22.1 Å². The molecule has 1 saturated heterocycles. The molecule has 2 N–H and O–H groups in total. The third-order valence-corrected chi connectivity index (χ3v) is 12.1. The fraction of sp³-hybridized carbons (Fsp3) is 0.793. The number of nitriles is 1. The number of rotatable bonds is 6. The Morgan fingerprint density at radius 3 is 2.29 bits per heavy atom. The molecule has 38 heavy (non-hydrogen) atoms. The molecule has 1 aliphatic heterocycles. The molecular weight excluding hydrogens is 501 g/mol. The van der Waals surface area contributed by atoms with Crippen molar-refractivity contribution in [1.29, 1.82) is 5.26 Å². The van der Waals surface area contributed by atoms with Gasteiger partial charge in [0.15, 0.2) is 5.13 Å². The number of alkyl halides is 1. The van der Waals surface area contributed by atoms with Crippen molar-refractivity contribution in [2.24, 2.45) is 23.2 Å². The number of hydrogen-bond donors (Lipinski definition) is 2. The molecule has 0 radical (unpaired) electrons. The average Bonchev–Trinajstić information content (AvgIpc) is 3.54. The molecule has 9 rings (SSSR count). The van der Waals surface area contributed by atoms with E-state index in [9.17, 15) is 19.2 Å². The first kappa shape index (κ1) is 25.0. The highest BCUT2D eigenvalue weighted by molar-refractivity contribution is 7.14. The maximum Gasteiger partial charge on any atom is 0.237 e. The number of fused-ring (bicyclic) bond motifs is 3. The molecule has 9 heteroatoms. The Morgan fingerprint density at radius 2 is 1.68 bits per heavy atom. The number of carbonyl (C=O) groups excluding carboxylic acids is 2. The third kappa shape index (κ3) is 4.09. The van der Waals surface area contributed by atoms with Crippen molar-refractivity contribution < 1.29 is 14.0 Å². The SMILES string of the molecule is N#C[C@@H]1C[C@H](F)CN1C(=O)CNC12CCC(C(=O)Nc3nc(C45CC6CC(CC(C6)C4)C5)cs3)(CC1)CC2. The topological polar surface area (TPSA) is 98.1 Å². The number of thiazole rings is 1. The second-order valence-electron chi connectivity index (χ2n) is 13.6. The van der Waals surface area contributed by atoms with Gasteiger partial charge in [0.2, 0.25) is 11.8 Å². The van der Waals surface area contributed by atoms with Crippen molar-refractivity contribution in [2.45, 2.75) is 107 Å². The molecule has 0 unspecified atom stereocenters. The van der Waals surface area contributed by atoms with E-state index in [-0.39, 0.29) is 47.7 Å². The van der Waals surface area contributed by atoms with Gasteiger partial charge in [-0.1, -0.05) is 0 Å². The highest BCUT2D eigenvalue weighted by Crippen LogP contribution is 2.61. The maximum atomic E-state index is 13.7. The van der Waals surface area contributed by atoms with Gasteiger partial charge >= 0.3 is 0 Å². The number of hydrogen-bond acceptors (Lipinski definition) is 6. The van der Waals surface area contributed by atoms with Crippen LogP contribution in [0.1, 0.15) is 89.2 Å². The zero-order valence-corrected chi connectivity index (χ0v) is 22.8. The van der Waals surface area contributed by atoms with Gasteiger partial charge in [-0.15, -0.1) is 11.3 Å². The van der Waals surface area contributed by atoms with Crippen LogP contribution < -0.4 is 10.6 Å². The molecule has 2 heterocycles. The molecule has 1 aromatic rings. The van der Waals surface area contributed by atoms with E-state index in [4.69, 9.17) is 4.98 Å². The van der Waals surface area contributed by atoms with E-state index in [0.29, 0.717) is 0 Å². The number of nitrogens with one attached hydrogen (secondary N) is 2. The Labute approximate surface area is 227 Å². The lowest BCUT2D eigenvalue weighted by Crippen LogP contribution is -2.59. The molecule has 8 fully saturated rings. The molecule has 2 amide bonds. The zero-order chi connectivity index (χ0) is 26.1. The summed E-state index contributed by atoms with van der Waals surface area (Å²) in [5, 5.41) is 18.9. The van der Waals surface area contributed by atoms with Crippen molar-refractivity contribution in [3.05, 3.63) is 11.1 Å². The Hall–Kier alpha value is -2.05. The van der Waals surface area contributed by atoms with Crippen LogP contribution in [0.4, 0.5) is 9.52 Å². The van der Waals surface area contributed by atoms with Crippen molar-refractivity contribution in [3.63, 3.8) is 0 Å². The van der Waals surface area contributed by atoms with Gasteiger partial charge < -0.3 is 15.5 Å². The molecule has 7 aliphatic carbocycles. The van der Waals surface area contributed by atoms with Gasteiger partial charge in [-0.25, -0.2) is 9.37 Å². The summed E-state index contributed by atoms with van der Waals surface area (Å²) in [5.41, 5.74) is 0.965. The minimum Gasteiger partial charge on any atom is -0.323 e. The zero-order valence-electron chi connectivity index (χ0n) is 22.0. The number of nitrogens with zero attached hydrogens (tertiary/aromatic N) is 3. The van der Waals surface area contributed by atoms with E-state index in [0.717, 1.165) is 61.4 Å². The molecule has 1 aromatic heterocycles. The van der Waals surface area contributed by atoms with Crippen LogP contribution in [0, 0.1) is 34.5 Å². The largest absolute Gasteiger partial charge is 0.323 e. The summed E-state index contributed by atoms with van der Waals surface area (Å²) in [6.45, 7) is 0.132. The van der Waals surface area contributed by atoms with Gasteiger partial charge in [0.25, 0.3) is 0 Å². The molecule has 8 aliphatic rings. The number of amides is 2. The van der Waals surface area contributed by atoms with Crippen LogP contribution >= 0.6 is 11.3 Å². The summed E-state index contributed by atoms with van der Waals surface area (Å²) in [6.07, 6.45) is 12.0. The van der Waals surface area contributed by atoms with Gasteiger partial charge in [0, 0.05) is 28.2 Å². The van der Waals surface area contributed by atoms with Gasteiger partial charge in [-0.05, 0) is 94.8 Å². The van der Waals surface area contributed by atoms with E-state index in [1.54, 1.807) is 11.3 Å². The van der Waals surface area contributed by atoms with Gasteiger partial charge in [-0.2, -0.15) is 5.26 Å². The standard InChI is InChI=1S/C29H38FN5O2S/c30-21-10-22(14-31)35(16-21)24(36)15-32-29-4-1-27(2-5-29,3-6-29)25(37)34-26-33-23(17-38-26)28-11-18-7-19(12-28)9-20(8-18)13-28/h17-22,32H,1-13,15-16H2,(H,33,34,37)/t18?,19?,20?,21-,22-,27?,28?,29?/m0/s1. The Morgan fingerprint density at radius 1 is 1.05 bits per heavy atom. The summed E-state index contributed by atoms with van der Waals surface area (Å²) >= 11 is 1.59. The first-order valence-electron chi connectivity index (χ1n) is 14.7. The summed E-state index contributed by atoms with van der Waals surface area (Å²) in [4.78, 5) is 32.7. The molecule has 204 valence electrons. The number of carbonyl (C=O) groups is 2. The van der Waals surface area contributed by atoms with Crippen LogP contribution in [0.5, 0.6) is 0 Å². The van der Waals surface area contributed by atoms with Gasteiger partial charge in [0.1, 0.15) is 12.2 Å². The molecule has 7 saturated carbocycles. The van der Waals surface area contributed by atoms with Gasteiger partial charge in [0.05, 0.1) is 24.9 Å². The smallest absolute Gasteiger partial charge is 0.237 e. The van der Waals surface area contributed by atoms with E-state index >= 15 is 0 Å². The summed E-state index contributed by atoms with van der Waals surface area (Å²) in [5.74, 6) is 2.52. The molecule has 0 aromatic carbocycles. The summed E-state index contributed by atoms with van der Waals surface area (Å²) in [6, 6.07) is 1.39. The lowest BCUT2D eigenvalue weighted by Gasteiger charge is -2.56. The fourth-order valence-electron chi connectivity index (χ4n) is 9.57. The normalized spacial score (nSPS) is 42.8. The van der Waals surface area contributed by atoms with Crippen molar-refractivity contribution >= 4 is 28.3 Å². The van der Waals surface area contributed by atoms with Crippen molar-refractivity contribution in [2.75, 3.05) is 18.4 Å². The quantitative estimate of drug-likeness (QED) is 0.546. The molecule has 2 atom stereocenters. The molecule has 6 bridgehead atoms. The van der Waals surface area contributed by atoms with Crippen LogP contribution in [-0.2, 0) is 15.0 Å². The lowest BCUT2D eigenvalue weighted by molar-refractivity contribution is -0.135. The molecule has 7 nitrogen and oxygen atoms in total. The molecule has 0 spiro atoms.